The number of rotatable bonds is 8. The van der Waals surface area contributed by atoms with Crippen LogP contribution in [0.3, 0.4) is 0 Å². The largest absolute Gasteiger partial charge is 0.493 e. The van der Waals surface area contributed by atoms with E-state index in [1.54, 1.807) is 29.4 Å². The Balaban J connectivity index is 1.00. The Morgan fingerprint density at radius 2 is 2.00 bits per heavy atom. The van der Waals surface area contributed by atoms with Crippen LogP contribution in [0.1, 0.15) is 31.2 Å². The highest BCUT2D eigenvalue weighted by molar-refractivity contribution is 6.30. The number of nitrogens with two attached hydrogens (primary N) is 1. The maximum atomic E-state index is 14.6. The van der Waals surface area contributed by atoms with E-state index in [1.165, 1.54) is 6.07 Å². The van der Waals surface area contributed by atoms with Gasteiger partial charge in [-0.1, -0.05) is 17.7 Å². The van der Waals surface area contributed by atoms with Crippen molar-refractivity contribution in [3.8, 4) is 5.75 Å². The van der Waals surface area contributed by atoms with Crippen LogP contribution in [-0.2, 0) is 16.0 Å². The van der Waals surface area contributed by atoms with E-state index < -0.39 is 5.82 Å². The Hall–Kier alpha value is -2.49. The molecule has 0 radical (unpaired) electrons. The molecule has 1 spiro atoms. The fourth-order valence-electron chi connectivity index (χ4n) is 5.01. The zero-order valence-electron chi connectivity index (χ0n) is 19.7. The lowest BCUT2D eigenvalue weighted by Crippen LogP contribution is -2.79. The predicted molar refractivity (Wildman–Crippen MR) is 130 cm³/mol. The van der Waals surface area contributed by atoms with Crippen molar-refractivity contribution in [2.24, 2.45) is 11.7 Å². The number of ether oxygens (including phenoxy) is 2. The first-order valence-corrected chi connectivity index (χ1v) is 12.6. The monoisotopic (exact) mass is 503 g/mol. The van der Waals surface area contributed by atoms with Gasteiger partial charge in [-0.05, 0) is 43.2 Å². The summed E-state index contributed by atoms with van der Waals surface area (Å²) in [5.41, 5.74) is 5.96. The molecule has 2 N–H and O–H groups in total. The third-order valence-corrected chi connectivity index (χ3v) is 7.59. The highest BCUT2D eigenvalue weighted by Crippen LogP contribution is 2.35. The van der Waals surface area contributed by atoms with Crippen molar-refractivity contribution >= 4 is 23.5 Å². The van der Waals surface area contributed by atoms with Crippen LogP contribution in [0.25, 0.3) is 0 Å². The van der Waals surface area contributed by atoms with E-state index in [-0.39, 0.29) is 24.0 Å². The van der Waals surface area contributed by atoms with Crippen molar-refractivity contribution in [1.29, 1.82) is 0 Å². The minimum atomic E-state index is -0.417. The van der Waals surface area contributed by atoms with E-state index in [0.29, 0.717) is 48.6 Å². The van der Waals surface area contributed by atoms with Gasteiger partial charge in [-0.2, -0.15) is 0 Å². The summed E-state index contributed by atoms with van der Waals surface area (Å²) in [7, 11) is 0. The van der Waals surface area contributed by atoms with Gasteiger partial charge in [0.2, 0.25) is 11.9 Å². The van der Waals surface area contributed by atoms with E-state index >= 15 is 0 Å². The number of benzene rings is 1. The molecule has 35 heavy (non-hydrogen) atoms. The Labute approximate surface area is 209 Å². The first kappa shape index (κ1) is 24.2. The average Bonchev–Trinajstić information content (AvgIpc) is 2.82. The molecule has 8 nitrogen and oxygen atoms in total. The van der Waals surface area contributed by atoms with Crippen LogP contribution >= 0.6 is 11.6 Å². The fourth-order valence-corrected chi connectivity index (χ4v) is 5.10. The summed E-state index contributed by atoms with van der Waals surface area (Å²) in [5.74, 6) is 1.32. The van der Waals surface area contributed by atoms with Crippen LogP contribution in [0, 0.1) is 11.7 Å². The quantitative estimate of drug-likeness (QED) is 0.553. The first-order chi connectivity index (χ1) is 16.9. The second-order valence-corrected chi connectivity index (χ2v) is 10.2. The Kier molecular flexibility index (Phi) is 7.09. The molecule has 1 amide bonds. The second kappa shape index (κ2) is 10.2. The second-order valence-electron chi connectivity index (χ2n) is 9.78. The Bertz CT molecular complexity index is 1040. The number of likely N-dealkylation sites (tertiary alicyclic amines) is 1. The highest BCUT2D eigenvalue weighted by Gasteiger charge is 2.56. The van der Waals surface area contributed by atoms with Crippen LogP contribution < -0.4 is 15.4 Å². The van der Waals surface area contributed by atoms with Gasteiger partial charge in [0.05, 0.1) is 56.2 Å². The van der Waals surface area contributed by atoms with Crippen molar-refractivity contribution in [3.05, 3.63) is 47.0 Å². The van der Waals surface area contributed by atoms with Crippen LogP contribution in [0.15, 0.2) is 30.6 Å². The summed E-state index contributed by atoms with van der Waals surface area (Å²) in [4.78, 5) is 24.9. The number of carbonyl (C=O) groups excluding carboxylic acids is 1. The highest BCUT2D eigenvalue weighted by atomic mass is 35.5. The molecule has 0 saturated carbocycles. The van der Waals surface area contributed by atoms with Crippen molar-refractivity contribution in [2.75, 3.05) is 44.3 Å². The molecule has 0 bridgehead atoms. The summed E-state index contributed by atoms with van der Waals surface area (Å²) in [6.07, 6.45) is 7.42. The number of halogens is 2. The maximum absolute atomic E-state index is 14.6. The zero-order chi connectivity index (χ0) is 24.4. The minimum Gasteiger partial charge on any atom is -0.493 e. The summed E-state index contributed by atoms with van der Waals surface area (Å²) < 4.78 is 25.9. The third kappa shape index (κ3) is 5.37. The van der Waals surface area contributed by atoms with E-state index in [1.807, 2.05) is 0 Å². The molecule has 3 aliphatic heterocycles. The number of nitrogens with zero attached hydrogens (tertiary/aromatic N) is 4. The van der Waals surface area contributed by atoms with Crippen molar-refractivity contribution < 1.29 is 18.7 Å². The molecular weight excluding hydrogens is 473 g/mol. The van der Waals surface area contributed by atoms with Gasteiger partial charge >= 0.3 is 0 Å². The number of anilines is 1. The number of hydrogen-bond donors (Lipinski definition) is 1. The van der Waals surface area contributed by atoms with Gasteiger partial charge < -0.3 is 25.0 Å². The van der Waals surface area contributed by atoms with Crippen LogP contribution in [0.5, 0.6) is 5.75 Å². The van der Waals surface area contributed by atoms with E-state index in [4.69, 9.17) is 26.8 Å². The van der Waals surface area contributed by atoms with Gasteiger partial charge in [-0.3, -0.25) is 4.79 Å². The van der Waals surface area contributed by atoms with Crippen molar-refractivity contribution in [1.82, 2.24) is 14.9 Å². The number of aromatic nitrogens is 2. The normalized spacial score (nSPS) is 21.5. The van der Waals surface area contributed by atoms with Crippen LogP contribution in [0.2, 0.25) is 5.02 Å². The maximum Gasteiger partial charge on any atom is 0.227 e. The van der Waals surface area contributed by atoms with Gasteiger partial charge in [-0.15, -0.1) is 0 Å². The molecule has 1 atom stereocenters. The first-order valence-electron chi connectivity index (χ1n) is 12.2. The van der Waals surface area contributed by atoms with Gasteiger partial charge in [0.1, 0.15) is 17.2 Å². The van der Waals surface area contributed by atoms with Gasteiger partial charge in [0.25, 0.3) is 0 Å². The molecule has 0 aliphatic carbocycles. The van der Waals surface area contributed by atoms with Crippen molar-refractivity contribution in [3.63, 3.8) is 0 Å². The number of amides is 1. The van der Waals surface area contributed by atoms with Gasteiger partial charge in [-0.25, -0.2) is 14.4 Å². The van der Waals surface area contributed by atoms with Gasteiger partial charge in [0.15, 0.2) is 0 Å². The zero-order valence-corrected chi connectivity index (χ0v) is 20.4. The molecule has 1 aromatic carbocycles. The molecule has 3 saturated heterocycles. The molecule has 3 fully saturated rings. The average molecular weight is 504 g/mol. The Morgan fingerprint density at radius 1 is 1.26 bits per heavy atom. The SMILES string of the molecule is NC1COC12CN(C(=O)Cc1ccc(OCCCC3CCN(c4ncc(Cl)cn4)CC3)cc1F)C2. The summed E-state index contributed by atoms with van der Waals surface area (Å²) in [6, 6.07) is 4.73. The lowest BCUT2D eigenvalue weighted by atomic mass is 9.81. The number of hydrogen-bond acceptors (Lipinski definition) is 7. The molecular formula is C25H31ClFN5O3. The summed E-state index contributed by atoms with van der Waals surface area (Å²) in [6.45, 7) is 3.91. The summed E-state index contributed by atoms with van der Waals surface area (Å²) >= 11 is 5.86. The van der Waals surface area contributed by atoms with E-state index in [0.717, 1.165) is 44.7 Å². The number of carbonyl (C=O) groups is 1. The molecule has 1 unspecified atom stereocenters. The van der Waals surface area contributed by atoms with Crippen LogP contribution in [-0.4, -0.2) is 71.8 Å². The molecule has 1 aromatic heterocycles. The molecule has 4 heterocycles. The van der Waals surface area contributed by atoms with E-state index in [2.05, 4.69) is 14.9 Å². The summed E-state index contributed by atoms with van der Waals surface area (Å²) in [5, 5.41) is 0.543. The molecule has 188 valence electrons. The number of piperidine rings is 1. The van der Waals surface area contributed by atoms with Gasteiger partial charge in [0, 0.05) is 19.2 Å². The smallest absolute Gasteiger partial charge is 0.227 e. The predicted octanol–water partition coefficient (Wildman–Crippen LogP) is 2.83. The van der Waals surface area contributed by atoms with Crippen molar-refractivity contribution in [2.45, 2.75) is 43.7 Å². The molecule has 2 aromatic rings. The lowest BCUT2D eigenvalue weighted by Gasteiger charge is -2.58. The molecule has 5 rings (SSSR count). The standard InChI is InChI=1S/C25H31ClFN5O3/c26-19-12-29-24(30-13-19)31-7-5-17(6-8-31)2-1-9-34-20-4-3-18(21(27)11-20)10-23(33)32-15-25(16-32)22(28)14-35-25/h3-4,11-13,17,22H,1-2,5-10,14-16,28H2. The van der Waals surface area contributed by atoms with Crippen LogP contribution in [0.4, 0.5) is 10.3 Å². The molecule has 10 heteroatoms. The fraction of sp³-hybridized carbons (Fsp3) is 0.560. The Morgan fingerprint density at radius 3 is 2.63 bits per heavy atom. The molecule has 3 aliphatic rings. The minimum absolute atomic E-state index is 0.0171. The van der Waals surface area contributed by atoms with E-state index in [9.17, 15) is 9.18 Å². The lowest BCUT2D eigenvalue weighted by molar-refractivity contribution is -0.234. The third-order valence-electron chi connectivity index (χ3n) is 7.39. The topological polar surface area (TPSA) is 93.8 Å².